The van der Waals surface area contributed by atoms with Crippen molar-refractivity contribution in [2.75, 3.05) is 6.61 Å². The molecule has 19 heavy (non-hydrogen) atoms. The largest absolute Gasteiger partial charge is 0.396 e. The van der Waals surface area contributed by atoms with Crippen molar-refractivity contribution in [3.8, 4) is 0 Å². The molecule has 0 saturated carbocycles. The van der Waals surface area contributed by atoms with Crippen LogP contribution in [0.25, 0.3) is 0 Å². The highest BCUT2D eigenvalue weighted by atomic mass is 79.9. The van der Waals surface area contributed by atoms with Gasteiger partial charge in [0.15, 0.2) is 0 Å². The molecule has 1 aromatic carbocycles. The molecule has 2 N–H and O–H groups in total. The minimum Gasteiger partial charge on any atom is -0.396 e. The van der Waals surface area contributed by atoms with Crippen LogP contribution in [-0.2, 0) is 10.0 Å². The molecule has 0 saturated heterocycles. The zero-order chi connectivity index (χ0) is 14.0. The minimum absolute atomic E-state index is 0.0388. The fourth-order valence-electron chi connectivity index (χ4n) is 2.12. The lowest BCUT2D eigenvalue weighted by Crippen LogP contribution is -2.33. The van der Waals surface area contributed by atoms with Crippen LogP contribution in [0.1, 0.15) is 12.0 Å². The molecular formula is C13H16BrNO3S. The fourth-order valence-corrected chi connectivity index (χ4v) is 4.21. The molecule has 0 unspecified atom stereocenters. The second-order valence-electron chi connectivity index (χ2n) is 4.76. The van der Waals surface area contributed by atoms with E-state index in [4.69, 9.17) is 5.11 Å². The van der Waals surface area contributed by atoms with Gasteiger partial charge in [-0.15, -0.1) is 0 Å². The Morgan fingerprint density at radius 2 is 2.11 bits per heavy atom. The van der Waals surface area contributed by atoms with Crippen LogP contribution in [0.2, 0.25) is 0 Å². The Morgan fingerprint density at radius 1 is 1.37 bits per heavy atom. The van der Waals surface area contributed by atoms with Crippen molar-refractivity contribution in [3.63, 3.8) is 0 Å². The van der Waals surface area contributed by atoms with Crippen LogP contribution in [0.5, 0.6) is 0 Å². The van der Waals surface area contributed by atoms with Crippen LogP contribution in [0.15, 0.2) is 39.7 Å². The van der Waals surface area contributed by atoms with Gasteiger partial charge in [0.2, 0.25) is 10.0 Å². The number of aryl methyl sites for hydroxylation is 1. The molecule has 1 aliphatic carbocycles. The lowest BCUT2D eigenvalue weighted by molar-refractivity contribution is 0.248. The summed E-state index contributed by atoms with van der Waals surface area (Å²) in [5, 5.41) is 9.04. The molecule has 0 aliphatic heterocycles. The molecular weight excluding hydrogens is 330 g/mol. The third-order valence-corrected chi connectivity index (χ3v) is 4.97. The van der Waals surface area contributed by atoms with Crippen LogP contribution in [0, 0.1) is 12.8 Å². The van der Waals surface area contributed by atoms with E-state index in [-0.39, 0.29) is 23.5 Å². The number of aliphatic hydroxyl groups excluding tert-OH is 1. The Bertz CT molecular complexity index is 578. The van der Waals surface area contributed by atoms with Crippen LogP contribution in [0.4, 0.5) is 0 Å². The Kier molecular flexibility index (Phi) is 4.45. The molecule has 0 heterocycles. The number of aliphatic hydroxyl groups is 1. The zero-order valence-corrected chi connectivity index (χ0v) is 12.9. The van der Waals surface area contributed by atoms with Gasteiger partial charge in [-0.3, -0.25) is 0 Å². The SMILES string of the molecule is Cc1cc(Br)cc(S(=O)(=O)N[C@@H]2C=C[C@H](CO)C2)c1. The van der Waals surface area contributed by atoms with E-state index in [0.29, 0.717) is 6.42 Å². The van der Waals surface area contributed by atoms with Crippen molar-refractivity contribution in [1.29, 1.82) is 0 Å². The van der Waals surface area contributed by atoms with Gasteiger partial charge in [0, 0.05) is 23.0 Å². The Morgan fingerprint density at radius 3 is 2.68 bits per heavy atom. The van der Waals surface area contributed by atoms with E-state index in [9.17, 15) is 8.42 Å². The molecule has 2 rings (SSSR count). The van der Waals surface area contributed by atoms with Crippen LogP contribution < -0.4 is 4.72 Å². The Balaban J connectivity index is 2.17. The number of sulfonamides is 1. The first kappa shape index (κ1) is 14.7. The van der Waals surface area contributed by atoms with Gasteiger partial charge in [-0.25, -0.2) is 13.1 Å². The maximum absolute atomic E-state index is 12.3. The average Bonchev–Trinajstić information content (AvgIpc) is 2.74. The summed E-state index contributed by atoms with van der Waals surface area (Å²) in [5.41, 5.74) is 0.880. The molecule has 0 spiro atoms. The minimum atomic E-state index is -3.53. The topological polar surface area (TPSA) is 66.4 Å². The average molecular weight is 346 g/mol. The third-order valence-electron chi connectivity index (χ3n) is 3.04. The summed E-state index contributed by atoms with van der Waals surface area (Å²) in [5.74, 6) is 0.0388. The lowest BCUT2D eigenvalue weighted by Gasteiger charge is -2.13. The summed E-state index contributed by atoms with van der Waals surface area (Å²) >= 11 is 3.30. The summed E-state index contributed by atoms with van der Waals surface area (Å²) in [6, 6.07) is 4.82. The van der Waals surface area contributed by atoms with E-state index >= 15 is 0 Å². The molecule has 2 atom stereocenters. The molecule has 0 aromatic heterocycles. The highest BCUT2D eigenvalue weighted by Crippen LogP contribution is 2.22. The number of rotatable bonds is 4. The van der Waals surface area contributed by atoms with Crippen LogP contribution in [0.3, 0.4) is 0 Å². The number of halogens is 1. The smallest absolute Gasteiger partial charge is 0.241 e. The lowest BCUT2D eigenvalue weighted by atomic mass is 10.1. The highest BCUT2D eigenvalue weighted by Gasteiger charge is 2.24. The van der Waals surface area contributed by atoms with E-state index in [1.165, 1.54) is 0 Å². The van der Waals surface area contributed by atoms with Gasteiger partial charge < -0.3 is 5.11 Å². The number of hydrogen-bond acceptors (Lipinski definition) is 3. The quantitative estimate of drug-likeness (QED) is 0.820. The number of benzene rings is 1. The second-order valence-corrected chi connectivity index (χ2v) is 7.38. The molecule has 0 amide bonds. The van der Waals surface area contributed by atoms with Gasteiger partial charge in [-0.05, 0) is 37.1 Å². The number of hydrogen-bond donors (Lipinski definition) is 2. The van der Waals surface area contributed by atoms with Gasteiger partial charge in [0.05, 0.1) is 4.90 Å². The fraction of sp³-hybridized carbons (Fsp3) is 0.385. The standard InChI is InChI=1S/C13H16BrNO3S/c1-9-4-11(14)7-13(5-9)19(17,18)15-12-3-2-10(6-12)8-16/h2-5,7,10,12,15-16H,6,8H2,1H3/t10-,12+/m0/s1. The summed E-state index contributed by atoms with van der Waals surface area (Å²) in [6.45, 7) is 1.89. The molecule has 1 aromatic rings. The first-order chi connectivity index (χ1) is 8.90. The van der Waals surface area contributed by atoms with Crippen molar-refractivity contribution in [1.82, 2.24) is 4.72 Å². The second kappa shape index (κ2) is 5.75. The van der Waals surface area contributed by atoms with Crippen molar-refractivity contribution in [3.05, 3.63) is 40.4 Å². The summed E-state index contributed by atoms with van der Waals surface area (Å²) in [4.78, 5) is 0.250. The summed E-state index contributed by atoms with van der Waals surface area (Å²) in [6.07, 6.45) is 4.24. The monoisotopic (exact) mass is 345 g/mol. The Hall–Kier alpha value is -0.690. The van der Waals surface area contributed by atoms with E-state index in [1.54, 1.807) is 18.2 Å². The maximum atomic E-state index is 12.3. The first-order valence-corrected chi connectivity index (χ1v) is 8.27. The highest BCUT2D eigenvalue weighted by molar-refractivity contribution is 9.10. The summed E-state index contributed by atoms with van der Waals surface area (Å²) < 4.78 is 27.9. The summed E-state index contributed by atoms with van der Waals surface area (Å²) in [7, 11) is -3.53. The van der Waals surface area contributed by atoms with E-state index in [1.807, 2.05) is 19.1 Å². The van der Waals surface area contributed by atoms with Crippen LogP contribution in [-0.4, -0.2) is 26.2 Å². The molecule has 104 valence electrons. The zero-order valence-electron chi connectivity index (χ0n) is 10.5. The van der Waals surface area contributed by atoms with Gasteiger partial charge >= 0.3 is 0 Å². The number of nitrogens with one attached hydrogen (secondary N) is 1. The normalized spacial score (nSPS) is 22.9. The van der Waals surface area contributed by atoms with Crippen molar-refractivity contribution in [2.24, 2.45) is 5.92 Å². The molecule has 0 bridgehead atoms. The first-order valence-electron chi connectivity index (χ1n) is 5.99. The van der Waals surface area contributed by atoms with Crippen molar-refractivity contribution in [2.45, 2.75) is 24.3 Å². The maximum Gasteiger partial charge on any atom is 0.241 e. The van der Waals surface area contributed by atoms with Crippen LogP contribution >= 0.6 is 15.9 Å². The van der Waals surface area contributed by atoms with Gasteiger partial charge in [0.25, 0.3) is 0 Å². The third kappa shape index (κ3) is 3.66. The van der Waals surface area contributed by atoms with Crippen molar-refractivity contribution >= 4 is 26.0 Å². The molecule has 0 radical (unpaired) electrons. The molecule has 6 heteroatoms. The van der Waals surface area contributed by atoms with E-state index in [2.05, 4.69) is 20.7 Å². The van der Waals surface area contributed by atoms with Gasteiger partial charge in [-0.2, -0.15) is 0 Å². The molecule has 0 fully saturated rings. The Labute approximate surface area is 121 Å². The van der Waals surface area contributed by atoms with E-state index < -0.39 is 10.0 Å². The van der Waals surface area contributed by atoms with Crippen molar-refractivity contribution < 1.29 is 13.5 Å². The van der Waals surface area contributed by atoms with Gasteiger partial charge in [-0.1, -0.05) is 28.1 Å². The molecule has 4 nitrogen and oxygen atoms in total. The predicted octanol–water partition coefficient (Wildman–Crippen LogP) is 1.97. The van der Waals surface area contributed by atoms with E-state index in [0.717, 1.165) is 10.0 Å². The predicted molar refractivity (Wildman–Crippen MR) is 77.3 cm³/mol. The molecule has 1 aliphatic rings. The van der Waals surface area contributed by atoms with Gasteiger partial charge in [0.1, 0.15) is 0 Å².